The smallest absolute Gasteiger partial charge is 0.161 e. The summed E-state index contributed by atoms with van der Waals surface area (Å²) >= 11 is 0. The van der Waals surface area contributed by atoms with Crippen molar-refractivity contribution in [1.82, 2.24) is 9.97 Å². The van der Waals surface area contributed by atoms with Crippen LogP contribution in [0.15, 0.2) is 24.3 Å². The minimum atomic E-state index is -0.916. The number of nitrogen functional groups attached to an aromatic ring is 1. The van der Waals surface area contributed by atoms with Gasteiger partial charge in [0.15, 0.2) is 17.5 Å². The van der Waals surface area contributed by atoms with E-state index in [9.17, 15) is 8.78 Å². The molecular weight excluding hydrogens is 250 g/mol. The molecule has 0 spiro atoms. The fourth-order valence-electron chi connectivity index (χ4n) is 1.89. The van der Waals surface area contributed by atoms with Gasteiger partial charge in [-0.3, -0.25) is 0 Å². The molecule has 19 heavy (non-hydrogen) atoms. The molecule has 0 atom stereocenters. The number of hydrogen-bond donors (Lipinski definition) is 2. The normalized spacial score (nSPS) is 14.5. The Morgan fingerprint density at radius 2 is 1.89 bits per heavy atom. The summed E-state index contributed by atoms with van der Waals surface area (Å²) in [6, 6.07) is 5.38. The zero-order valence-corrected chi connectivity index (χ0v) is 10.0. The van der Waals surface area contributed by atoms with Gasteiger partial charge in [0.1, 0.15) is 5.82 Å². The maximum atomic E-state index is 13.2. The van der Waals surface area contributed by atoms with E-state index in [2.05, 4.69) is 15.4 Å². The molecule has 0 unspecified atom stereocenters. The van der Waals surface area contributed by atoms with Crippen molar-refractivity contribution in [2.75, 3.05) is 5.43 Å². The average Bonchev–Trinajstić information content (AvgIpc) is 3.26. The van der Waals surface area contributed by atoms with Crippen LogP contribution in [-0.4, -0.2) is 9.97 Å². The molecule has 6 heteroatoms. The lowest BCUT2D eigenvalue weighted by atomic mass is 10.2. The average molecular weight is 262 g/mol. The van der Waals surface area contributed by atoms with Crippen molar-refractivity contribution >= 4 is 5.82 Å². The first kappa shape index (κ1) is 12.0. The van der Waals surface area contributed by atoms with Crippen molar-refractivity contribution < 1.29 is 8.78 Å². The maximum Gasteiger partial charge on any atom is 0.161 e. The summed E-state index contributed by atoms with van der Waals surface area (Å²) in [4.78, 5) is 8.56. The topological polar surface area (TPSA) is 63.8 Å². The monoisotopic (exact) mass is 262 g/mol. The lowest BCUT2D eigenvalue weighted by molar-refractivity contribution is 0.509. The van der Waals surface area contributed by atoms with Crippen LogP contribution in [0.4, 0.5) is 14.6 Å². The predicted octanol–water partition coefficient (Wildman–Crippen LogP) is 2.58. The number of hydrazine groups is 1. The van der Waals surface area contributed by atoms with Crippen molar-refractivity contribution in [1.29, 1.82) is 0 Å². The number of nitrogens with two attached hydrogens (primary N) is 1. The van der Waals surface area contributed by atoms with Crippen molar-refractivity contribution in [2.24, 2.45) is 5.84 Å². The molecule has 0 radical (unpaired) electrons. The van der Waals surface area contributed by atoms with E-state index in [-0.39, 0.29) is 0 Å². The lowest BCUT2D eigenvalue weighted by Gasteiger charge is -2.07. The molecule has 1 aliphatic rings. The molecule has 0 aliphatic heterocycles. The Labute approximate surface area is 108 Å². The van der Waals surface area contributed by atoms with E-state index in [0.29, 0.717) is 23.1 Å². The van der Waals surface area contributed by atoms with E-state index >= 15 is 0 Å². The first-order valence-corrected chi connectivity index (χ1v) is 5.98. The van der Waals surface area contributed by atoms with Crippen molar-refractivity contribution in [3.8, 4) is 11.4 Å². The third-order valence-electron chi connectivity index (χ3n) is 3.07. The van der Waals surface area contributed by atoms with Crippen LogP contribution in [0, 0.1) is 11.6 Å². The number of benzene rings is 1. The highest BCUT2D eigenvalue weighted by atomic mass is 19.2. The summed E-state index contributed by atoms with van der Waals surface area (Å²) in [6.07, 6.45) is 2.16. The molecule has 1 aromatic heterocycles. The second-order valence-electron chi connectivity index (χ2n) is 4.55. The molecule has 1 saturated carbocycles. The fraction of sp³-hybridized carbons (Fsp3) is 0.231. The van der Waals surface area contributed by atoms with Crippen molar-refractivity contribution in [3.63, 3.8) is 0 Å². The summed E-state index contributed by atoms with van der Waals surface area (Å²) in [7, 11) is 0. The first-order chi connectivity index (χ1) is 9.17. The van der Waals surface area contributed by atoms with Gasteiger partial charge in [-0.25, -0.2) is 24.6 Å². The quantitative estimate of drug-likeness (QED) is 0.659. The lowest BCUT2D eigenvalue weighted by Crippen LogP contribution is -2.10. The SMILES string of the molecule is NNc1cc(C2CC2)nc(-c2ccc(F)c(F)c2)n1. The number of aromatic nitrogens is 2. The van der Waals surface area contributed by atoms with Crippen LogP contribution in [0.5, 0.6) is 0 Å². The van der Waals surface area contributed by atoms with Crippen LogP contribution in [0.1, 0.15) is 24.5 Å². The fourth-order valence-corrected chi connectivity index (χ4v) is 1.89. The van der Waals surface area contributed by atoms with Crippen LogP contribution in [0.3, 0.4) is 0 Å². The Morgan fingerprint density at radius 3 is 2.53 bits per heavy atom. The number of halogens is 2. The maximum absolute atomic E-state index is 13.2. The number of nitrogens with one attached hydrogen (secondary N) is 1. The highest BCUT2D eigenvalue weighted by Gasteiger charge is 2.26. The van der Waals surface area contributed by atoms with Gasteiger partial charge in [-0.05, 0) is 31.0 Å². The van der Waals surface area contributed by atoms with Gasteiger partial charge in [0.2, 0.25) is 0 Å². The Morgan fingerprint density at radius 1 is 1.11 bits per heavy atom. The first-order valence-electron chi connectivity index (χ1n) is 5.98. The zero-order valence-electron chi connectivity index (χ0n) is 10.0. The molecular formula is C13H12F2N4. The Balaban J connectivity index is 2.07. The van der Waals surface area contributed by atoms with Gasteiger partial charge < -0.3 is 5.43 Å². The third kappa shape index (κ3) is 2.39. The molecule has 2 aromatic rings. The van der Waals surface area contributed by atoms with E-state index in [0.717, 1.165) is 30.7 Å². The van der Waals surface area contributed by atoms with Crippen LogP contribution in [-0.2, 0) is 0 Å². The molecule has 98 valence electrons. The minimum Gasteiger partial charge on any atom is -0.308 e. The third-order valence-corrected chi connectivity index (χ3v) is 3.07. The van der Waals surface area contributed by atoms with E-state index < -0.39 is 11.6 Å². The van der Waals surface area contributed by atoms with Gasteiger partial charge in [0, 0.05) is 23.2 Å². The Bertz CT molecular complexity index is 626. The highest BCUT2D eigenvalue weighted by Crippen LogP contribution is 2.40. The molecule has 1 aromatic carbocycles. The number of anilines is 1. The van der Waals surface area contributed by atoms with Gasteiger partial charge in [0.05, 0.1) is 0 Å². The van der Waals surface area contributed by atoms with E-state index in [4.69, 9.17) is 5.84 Å². The molecule has 3 rings (SSSR count). The van der Waals surface area contributed by atoms with Gasteiger partial charge in [-0.1, -0.05) is 0 Å². The predicted molar refractivity (Wildman–Crippen MR) is 67.2 cm³/mol. The summed E-state index contributed by atoms with van der Waals surface area (Å²) in [5.74, 6) is 4.79. The van der Waals surface area contributed by atoms with Crippen LogP contribution in [0.2, 0.25) is 0 Å². The van der Waals surface area contributed by atoms with E-state index in [1.807, 2.05) is 0 Å². The zero-order chi connectivity index (χ0) is 13.4. The Kier molecular flexibility index (Phi) is 2.87. The van der Waals surface area contributed by atoms with Gasteiger partial charge in [0.25, 0.3) is 0 Å². The molecule has 0 saturated heterocycles. The number of rotatable bonds is 3. The molecule has 4 nitrogen and oxygen atoms in total. The van der Waals surface area contributed by atoms with Crippen molar-refractivity contribution in [2.45, 2.75) is 18.8 Å². The molecule has 3 N–H and O–H groups in total. The largest absolute Gasteiger partial charge is 0.308 e. The standard InChI is InChI=1S/C13H12F2N4/c14-9-4-3-8(5-10(9)15)13-17-11(7-1-2-7)6-12(18-13)19-16/h3-7H,1-2,16H2,(H,17,18,19). The minimum absolute atomic E-state index is 0.344. The summed E-state index contributed by atoms with van der Waals surface area (Å²) in [5.41, 5.74) is 3.77. The van der Waals surface area contributed by atoms with Crippen LogP contribution in [0.25, 0.3) is 11.4 Å². The van der Waals surface area contributed by atoms with E-state index in [1.54, 1.807) is 6.07 Å². The van der Waals surface area contributed by atoms with Crippen LogP contribution < -0.4 is 11.3 Å². The molecule has 1 fully saturated rings. The van der Waals surface area contributed by atoms with Crippen LogP contribution >= 0.6 is 0 Å². The second-order valence-corrected chi connectivity index (χ2v) is 4.55. The summed E-state index contributed by atoms with van der Waals surface area (Å²) in [6.45, 7) is 0. The van der Waals surface area contributed by atoms with Gasteiger partial charge >= 0.3 is 0 Å². The number of nitrogens with zero attached hydrogens (tertiary/aromatic N) is 2. The van der Waals surface area contributed by atoms with E-state index in [1.165, 1.54) is 6.07 Å². The highest BCUT2D eigenvalue weighted by molar-refractivity contribution is 5.58. The molecule has 0 amide bonds. The van der Waals surface area contributed by atoms with Crippen molar-refractivity contribution in [3.05, 3.63) is 41.6 Å². The number of hydrogen-bond acceptors (Lipinski definition) is 4. The molecule has 0 bridgehead atoms. The molecule has 1 aliphatic carbocycles. The Hall–Kier alpha value is -2.08. The van der Waals surface area contributed by atoms with Gasteiger partial charge in [-0.15, -0.1) is 0 Å². The summed E-state index contributed by atoms with van der Waals surface area (Å²) < 4.78 is 26.2. The summed E-state index contributed by atoms with van der Waals surface area (Å²) in [5, 5.41) is 0. The van der Waals surface area contributed by atoms with Gasteiger partial charge in [-0.2, -0.15) is 0 Å². The second kappa shape index (κ2) is 4.55. The molecule has 1 heterocycles.